The largest absolute Gasteiger partial charge is 0.492 e. The maximum absolute atomic E-state index is 6.61. The van der Waals surface area contributed by atoms with Crippen LogP contribution in [0.15, 0.2) is 66.3 Å². The standard InChI is InChI=1S/C34H50N6O/c1-7-11-15-29(14-10-4)41-21-20-38-32-22-27(18-19-37-32)25(5)39-34(40(6)28(12-8-2)13-9-3)33-30(26-16-17-26)23-36-24-31(33)35/h10,14-15,18-19,22-24,26,28H,5,7-9,11-13,16-17,20-21,35H2,1-4,6H3,(H,37,38)/b14-10-,29-15?,39-34?. The highest BCUT2D eigenvalue weighted by molar-refractivity contribution is 6.06. The van der Waals surface area contributed by atoms with Gasteiger partial charge in [-0.3, -0.25) is 4.98 Å². The van der Waals surface area contributed by atoms with E-state index in [9.17, 15) is 0 Å². The number of hydrogen-bond acceptors (Lipinski definition) is 6. The van der Waals surface area contributed by atoms with Gasteiger partial charge < -0.3 is 20.7 Å². The van der Waals surface area contributed by atoms with Crippen LogP contribution in [-0.4, -0.2) is 46.9 Å². The lowest BCUT2D eigenvalue weighted by atomic mass is 9.99. The molecule has 7 heteroatoms. The van der Waals surface area contributed by atoms with Crippen LogP contribution in [0.2, 0.25) is 0 Å². The van der Waals surface area contributed by atoms with Gasteiger partial charge in [0.05, 0.1) is 24.1 Å². The topological polar surface area (TPSA) is 88.7 Å². The van der Waals surface area contributed by atoms with Crippen LogP contribution in [0.1, 0.15) is 102 Å². The van der Waals surface area contributed by atoms with E-state index in [4.69, 9.17) is 15.5 Å². The normalized spacial score (nSPS) is 14.1. The fourth-order valence-electron chi connectivity index (χ4n) is 5.01. The number of rotatable bonds is 17. The van der Waals surface area contributed by atoms with Crippen molar-refractivity contribution in [1.29, 1.82) is 0 Å². The third-order valence-corrected chi connectivity index (χ3v) is 7.35. The number of nitrogen functional groups attached to an aromatic ring is 1. The van der Waals surface area contributed by atoms with Gasteiger partial charge in [0.25, 0.3) is 0 Å². The van der Waals surface area contributed by atoms with E-state index in [0.717, 1.165) is 79.9 Å². The van der Waals surface area contributed by atoms with E-state index >= 15 is 0 Å². The van der Waals surface area contributed by atoms with Gasteiger partial charge in [0.1, 0.15) is 24.0 Å². The predicted molar refractivity (Wildman–Crippen MR) is 174 cm³/mol. The van der Waals surface area contributed by atoms with Crippen molar-refractivity contribution in [3.63, 3.8) is 0 Å². The molecule has 7 nitrogen and oxygen atoms in total. The Morgan fingerprint density at radius 3 is 2.63 bits per heavy atom. The summed E-state index contributed by atoms with van der Waals surface area (Å²) in [6, 6.07) is 4.32. The van der Waals surface area contributed by atoms with Gasteiger partial charge in [0.2, 0.25) is 0 Å². The molecule has 2 aromatic rings. The van der Waals surface area contributed by atoms with Crippen LogP contribution in [0.3, 0.4) is 0 Å². The van der Waals surface area contributed by atoms with E-state index in [1.54, 1.807) is 12.4 Å². The number of allylic oxidation sites excluding steroid dienone is 3. The minimum Gasteiger partial charge on any atom is -0.492 e. The monoisotopic (exact) mass is 558 g/mol. The van der Waals surface area contributed by atoms with Gasteiger partial charge in [-0.2, -0.15) is 0 Å². The summed E-state index contributed by atoms with van der Waals surface area (Å²) in [5.41, 5.74) is 11.1. The Kier molecular flexibility index (Phi) is 12.9. The number of pyridine rings is 2. The van der Waals surface area contributed by atoms with Crippen LogP contribution in [0, 0.1) is 0 Å². The van der Waals surface area contributed by atoms with E-state index in [1.807, 2.05) is 37.4 Å². The third-order valence-electron chi connectivity index (χ3n) is 7.35. The second-order valence-electron chi connectivity index (χ2n) is 10.8. The van der Waals surface area contributed by atoms with E-state index in [2.05, 4.69) is 60.7 Å². The molecule has 0 aliphatic heterocycles. The second-order valence-corrected chi connectivity index (χ2v) is 10.8. The second kappa shape index (κ2) is 16.6. The minimum absolute atomic E-state index is 0.365. The van der Waals surface area contributed by atoms with Crippen LogP contribution in [0.5, 0.6) is 0 Å². The molecule has 2 heterocycles. The molecule has 1 fully saturated rings. The van der Waals surface area contributed by atoms with E-state index in [1.165, 1.54) is 5.56 Å². The fraction of sp³-hybridized carbons (Fsp3) is 0.500. The third kappa shape index (κ3) is 9.48. The molecule has 222 valence electrons. The van der Waals surface area contributed by atoms with E-state index < -0.39 is 0 Å². The Labute approximate surface area is 247 Å². The highest BCUT2D eigenvalue weighted by Crippen LogP contribution is 2.43. The number of unbranched alkanes of at least 4 members (excludes halogenated alkanes) is 1. The summed E-state index contributed by atoms with van der Waals surface area (Å²) in [6.45, 7) is 14.2. The van der Waals surface area contributed by atoms with Crippen LogP contribution in [0.4, 0.5) is 11.5 Å². The number of amidine groups is 1. The zero-order chi connectivity index (χ0) is 29.6. The summed E-state index contributed by atoms with van der Waals surface area (Å²) < 4.78 is 5.94. The van der Waals surface area contributed by atoms with Gasteiger partial charge in [-0.15, -0.1) is 0 Å². The molecule has 0 atom stereocenters. The van der Waals surface area contributed by atoms with Crippen LogP contribution in [-0.2, 0) is 4.74 Å². The van der Waals surface area contributed by atoms with Crippen molar-refractivity contribution >= 4 is 23.0 Å². The zero-order valence-corrected chi connectivity index (χ0v) is 25.8. The molecule has 0 radical (unpaired) electrons. The number of nitrogens with two attached hydrogens (primary N) is 1. The molecule has 0 unspecified atom stereocenters. The molecule has 0 spiro atoms. The quantitative estimate of drug-likeness (QED) is 0.0673. The number of nitrogens with one attached hydrogen (secondary N) is 1. The smallest absolute Gasteiger partial charge is 0.139 e. The van der Waals surface area contributed by atoms with E-state index in [-0.39, 0.29) is 0 Å². The summed E-state index contributed by atoms with van der Waals surface area (Å²) in [4.78, 5) is 16.5. The van der Waals surface area contributed by atoms with Gasteiger partial charge in [0.15, 0.2) is 0 Å². The Morgan fingerprint density at radius 1 is 1.22 bits per heavy atom. The number of ether oxygens (including phenoxy) is 1. The predicted octanol–water partition coefficient (Wildman–Crippen LogP) is 7.94. The first-order valence-electron chi connectivity index (χ1n) is 15.3. The summed E-state index contributed by atoms with van der Waals surface area (Å²) in [5, 5.41) is 3.38. The molecule has 1 saturated carbocycles. The average Bonchev–Trinajstić information content (AvgIpc) is 3.82. The molecule has 0 bridgehead atoms. The molecule has 3 rings (SSSR count). The summed E-state index contributed by atoms with van der Waals surface area (Å²) >= 11 is 0. The number of aromatic nitrogens is 2. The molecule has 3 N–H and O–H groups in total. The minimum atomic E-state index is 0.365. The molecule has 41 heavy (non-hydrogen) atoms. The Hall–Kier alpha value is -3.61. The highest BCUT2D eigenvalue weighted by Gasteiger charge is 2.31. The van der Waals surface area contributed by atoms with Crippen molar-refractivity contribution in [2.75, 3.05) is 31.2 Å². The first kappa shape index (κ1) is 31.9. The molecule has 1 aliphatic rings. The van der Waals surface area contributed by atoms with Gasteiger partial charge in [-0.05, 0) is 74.8 Å². The summed E-state index contributed by atoms with van der Waals surface area (Å²) in [5.74, 6) is 3.04. The van der Waals surface area contributed by atoms with Crippen LogP contribution >= 0.6 is 0 Å². The lowest BCUT2D eigenvalue weighted by Gasteiger charge is -2.32. The van der Waals surface area contributed by atoms with Crippen molar-refractivity contribution in [2.24, 2.45) is 4.99 Å². The number of anilines is 2. The molecular formula is C34H50N6O. The SMILES string of the molecule is C=C(N=C(c1c(N)cncc1C1CC1)N(C)C(CCC)CCC)c1ccnc(NCCOC(=CCCC)/C=C\C)c1. The van der Waals surface area contributed by atoms with E-state index in [0.29, 0.717) is 36.5 Å². The zero-order valence-electron chi connectivity index (χ0n) is 25.8. The number of aliphatic imine (C=N–C) groups is 1. The van der Waals surface area contributed by atoms with Crippen molar-refractivity contribution in [3.8, 4) is 0 Å². The first-order valence-corrected chi connectivity index (χ1v) is 15.3. The van der Waals surface area contributed by atoms with Crippen LogP contribution in [0.25, 0.3) is 5.70 Å². The lowest BCUT2D eigenvalue weighted by Crippen LogP contribution is -2.38. The fourth-order valence-corrected chi connectivity index (χ4v) is 5.01. The maximum atomic E-state index is 6.61. The summed E-state index contributed by atoms with van der Waals surface area (Å²) in [6.07, 6.45) is 20.5. The Bertz CT molecular complexity index is 1210. The average molecular weight is 559 g/mol. The number of nitrogens with zero attached hydrogens (tertiary/aromatic N) is 4. The molecule has 1 aliphatic carbocycles. The Balaban J connectivity index is 1.85. The molecule has 2 aromatic heterocycles. The molecule has 0 saturated heterocycles. The van der Waals surface area contributed by atoms with Gasteiger partial charge in [-0.1, -0.05) is 52.7 Å². The molecule has 0 aromatic carbocycles. The van der Waals surface area contributed by atoms with Crippen molar-refractivity contribution in [2.45, 2.75) is 91.0 Å². The molecule has 0 amide bonds. The molecular weight excluding hydrogens is 508 g/mol. The number of hydrogen-bond donors (Lipinski definition) is 2. The Morgan fingerprint density at radius 2 is 1.98 bits per heavy atom. The van der Waals surface area contributed by atoms with Crippen LogP contribution < -0.4 is 11.1 Å². The highest BCUT2D eigenvalue weighted by atomic mass is 16.5. The first-order chi connectivity index (χ1) is 19.9. The van der Waals surface area contributed by atoms with Crippen molar-refractivity contribution in [3.05, 3.63) is 78.0 Å². The van der Waals surface area contributed by atoms with Gasteiger partial charge in [-0.25, -0.2) is 9.98 Å². The summed E-state index contributed by atoms with van der Waals surface area (Å²) in [7, 11) is 2.15. The lowest BCUT2D eigenvalue weighted by molar-refractivity contribution is 0.235. The van der Waals surface area contributed by atoms with Crippen molar-refractivity contribution < 1.29 is 4.74 Å². The maximum Gasteiger partial charge on any atom is 0.139 e. The van der Waals surface area contributed by atoms with Gasteiger partial charge >= 0.3 is 0 Å². The van der Waals surface area contributed by atoms with Crippen molar-refractivity contribution in [1.82, 2.24) is 14.9 Å². The van der Waals surface area contributed by atoms with Gasteiger partial charge in [0, 0.05) is 36.6 Å².